The van der Waals surface area contributed by atoms with E-state index < -0.39 is 8.80 Å². The topological polar surface area (TPSA) is 78.6 Å². The molecule has 0 saturated carbocycles. The van der Waals surface area contributed by atoms with Crippen LogP contribution in [0.4, 0.5) is 0 Å². The van der Waals surface area contributed by atoms with Crippen LogP contribution in [0, 0.1) is 0 Å². The highest BCUT2D eigenvalue weighted by Crippen LogP contribution is 2.37. The predicted molar refractivity (Wildman–Crippen MR) is 138 cm³/mol. The van der Waals surface area contributed by atoms with Gasteiger partial charge in [0.1, 0.15) is 22.5 Å². The summed E-state index contributed by atoms with van der Waals surface area (Å²) in [6, 6.07) is 10.1. The van der Waals surface area contributed by atoms with Gasteiger partial charge in [-0.05, 0) is 68.9 Å². The minimum absolute atomic E-state index is 0.185. The molecule has 2 aromatic carbocycles. The van der Waals surface area contributed by atoms with Crippen molar-refractivity contribution in [2.45, 2.75) is 65.8 Å². The average molecular weight is 506 g/mol. The number of benzene rings is 2. The summed E-state index contributed by atoms with van der Waals surface area (Å²) in [6.07, 6.45) is 1.62. The average Bonchev–Trinajstić information content (AvgIpc) is 3.17. The second-order valence-corrected chi connectivity index (χ2v) is 12.4. The van der Waals surface area contributed by atoms with Gasteiger partial charge in [0.2, 0.25) is 0 Å². The number of aromatic hydroxyl groups is 1. The number of phenolic OH excluding ortho intramolecular Hbond substituents is 1. The highest BCUT2D eigenvalue weighted by atomic mass is 35.5. The van der Waals surface area contributed by atoms with Gasteiger partial charge >= 0.3 is 8.80 Å². The number of hydrogen-bond acceptors (Lipinski definition) is 6. The molecule has 0 radical (unpaired) electrons. The summed E-state index contributed by atoms with van der Waals surface area (Å²) in [7, 11) is -2.71. The van der Waals surface area contributed by atoms with Gasteiger partial charge < -0.3 is 18.4 Å². The maximum absolute atomic E-state index is 11.2. The Morgan fingerprint density at radius 3 is 2.15 bits per heavy atom. The zero-order valence-electron chi connectivity index (χ0n) is 21.0. The van der Waals surface area contributed by atoms with Gasteiger partial charge in [-0.2, -0.15) is 0 Å². The largest absolute Gasteiger partial charge is 0.505 e. The molecule has 3 rings (SSSR count). The summed E-state index contributed by atoms with van der Waals surface area (Å²) in [5.41, 5.74) is 3.62. The zero-order chi connectivity index (χ0) is 24.9. The van der Waals surface area contributed by atoms with E-state index in [1.165, 1.54) is 4.80 Å². The molecule has 0 amide bonds. The van der Waals surface area contributed by atoms with Gasteiger partial charge in [-0.3, -0.25) is 0 Å². The Hall–Kier alpha value is -1.97. The monoisotopic (exact) mass is 505 g/mol. The lowest BCUT2D eigenvalue weighted by atomic mass is 9.84. The highest BCUT2D eigenvalue weighted by Gasteiger charge is 2.39. The number of aryl methyl sites for hydroxylation is 1. The lowest BCUT2D eigenvalue weighted by molar-refractivity contribution is 0.0708. The molecular formula is C25H36ClN3O4Si. The lowest BCUT2D eigenvalue weighted by Gasteiger charge is -2.28. The molecule has 0 saturated heterocycles. The van der Waals surface area contributed by atoms with E-state index in [9.17, 15) is 5.11 Å². The Bertz CT molecular complexity index is 1100. The molecule has 0 unspecified atom stereocenters. The summed E-state index contributed by atoms with van der Waals surface area (Å²) in [4.78, 5) is 1.49. The van der Waals surface area contributed by atoms with E-state index in [1.807, 2.05) is 32.9 Å². The number of fused-ring (bicyclic) bond motifs is 1. The molecule has 34 heavy (non-hydrogen) atoms. The van der Waals surface area contributed by atoms with Crippen LogP contribution >= 0.6 is 11.6 Å². The third-order valence-electron chi connectivity index (χ3n) is 5.56. The fraction of sp³-hybridized carbons (Fsp3) is 0.520. The molecule has 0 aliphatic heterocycles. The van der Waals surface area contributed by atoms with Crippen molar-refractivity contribution in [2.24, 2.45) is 0 Å². The van der Waals surface area contributed by atoms with E-state index in [0.29, 0.717) is 41.6 Å². The maximum atomic E-state index is 11.2. The summed E-state index contributed by atoms with van der Waals surface area (Å²) in [6.45, 7) is 13.8. The Balaban J connectivity index is 1.94. The van der Waals surface area contributed by atoms with Crippen molar-refractivity contribution in [3.05, 3.63) is 46.5 Å². The summed E-state index contributed by atoms with van der Waals surface area (Å²) < 4.78 is 18.0. The molecule has 0 aliphatic carbocycles. The summed E-state index contributed by atoms with van der Waals surface area (Å²) >= 11 is 6.12. The normalized spacial score (nSPS) is 12.6. The molecule has 186 valence electrons. The fourth-order valence-electron chi connectivity index (χ4n) is 4.05. The smallest absolute Gasteiger partial charge is 0.500 e. The van der Waals surface area contributed by atoms with Gasteiger partial charge in [-0.25, -0.2) is 0 Å². The molecule has 0 atom stereocenters. The van der Waals surface area contributed by atoms with Crippen LogP contribution in [0.1, 0.15) is 59.1 Å². The first-order chi connectivity index (χ1) is 16.1. The van der Waals surface area contributed by atoms with Crippen LogP contribution in [-0.4, -0.2) is 48.7 Å². The summed E-state index contributed by atoms with van der Waals surface area (Å²) in [5.74, 6) is 0.185. The number of hydrogen-bond donors (Lipinski definition) is 1. The lowest BCUT2D eigenvalue weighted by Crippen LogP contribution is -2.46. The van der Waals surface area contributed by atoms with E-state index in [-0.39, 0.29) is 11.2 Å². The Labute approximate surface area is 208 Å². The van der Waals surface area contributed by atoms with Gasteiger partial charge in [-0.1, -0.05) is 38.4 Å². The van der Waals surface area contributed by atoms with Crippen molar-refractivity contribution >= 4 is 31.4 Å². The molecule has 3 aromatic rings. The summed E-state index contributed by atoms with van der Waals surface area (Å²) in [5, 5.41) is 20.9. The van der Waals surface area contributed by atoms with E-state index in [2.05, 4.69) is 37.0 Å². The maximum Gasteiger partial charge on any atom is 0.500 e. The van der Waals surface area contributed by atoms with Crippen LogP contribution in [0.25, 0.3) is 16.7 Å². The quantitative estimate of drug-likeness (QED) is 0.319. The molecule has 9 heteroatoms. The van der Waals surface area contributed by atoms with Crippen molar-refractivity contribution in [1.29, 1.82) is 0 Å². The molecule has 7 nitrogen and oxygen atoms in total. The molecule has 0 aliphatic rings. The van der Waals surface area contributed by atoms with Gasteiger partial charge in [0.25, 0.3) is 0 Å². The number of aromatic nitrogens is 3. The van der Waals surface area contributed by atoms with Gasteiger partial charge in [0.05, 0.1) is 0 Å². The minimum atomic E-state index is -2.71. The number of nitrogens with zero attached hydrogens (tertiary/aromatic N) is 3. The molecular weight excluding hydrogens is 470 g/mol. The first-order valence-corrected chi connectivity index (χ1v) is 14.2. The van der Waals surface area contributed by atoms with Crippen molar-refractivity contribution in [1.82, 2.24) is 15.0 Å². The van der Waals surface area contributed by atoms with E-state index in [1.54, 1.807) is 12.1 Å². The Morgan fingerprint density at radius 2 is 1.56 bits per heavy atom. The van der Waals surface area contributed by atoms with Gasteiger partial charge in [0.15, 0.2) is 0 Å². The van der Waals surface area contributed by atoms with E-state index in [0.717, 1.165) is 30.0 Å². The van der Waals surface area contributed by atoms with Gasteiger partial charge in [0, 0.05) is 36.5 Å². The third-order valence-corrected chi connectivity index (χ3v) is 8.94. The van der Waals surface area contributed by atoms with Crippen molar-refractivity contribution in [2.75, 3.05) is 19.8 Å². The molecule has 1 aromatic heterocycles. The minimum Gasteiger partial charge on any atom is -0.505 e. The van der Waals surface area contributed by atoms with Crippen LogP contribution in [0.2, 0.25) is 11.1 Å². The highest BCUT2D eigenvalue weighted by molar-refractivity contribution is 6.60. The second kappa shape index (κ2) is 11.2. The van der Waals surface area contributed by atoms with E-state index in [4.69, 9.17) is 24.9 Å². The zero-order valence-corrected chi connectivity index (χ0v) is 22.8. The number of rotatable bonds is 11. The van der Waals surface area contributed by atoms with Crippen molar-refractivity contribution in [3.63, 3.8) is 0 Å². The molecule has 0 fully saturated rings. The van der Waals surface area contributed by atoms with Crippen molar-refractivity contribution < 1.29 is 18.4 Å². The standard InChI is InChI=1S/C25H36ClN3O4Si/c1-7-31-34(32-8-2,33-9-3)14-10-11-18-15-20(25(4,5)6)24(30)23(16-18)29-27-21-13-12-19(26)17-22(21)28-29/h12-13,15-17,30H,7-11,14H2,1-6H3. The second-order valence-electron chi connectivity index (χ2n) is 9.22. The molecule has 1 heterocycles. The third kappa shape index (κ3) is 6.17. The number of halogens is 1. The number of phenols is 1. The Morgan fingerprint density at radius 1 is 0.941 bits per heavy atom. The fourth-order valence-corrected chi connectivity index (χ4v) is 6.83. The van der Waals surface area contributed by atoms with Gasteiger partial charge in [-0.15, -0.1) is 15.0 Å². The van der Waals surface area contributed by atoms with E-state index >= 15 is 0 Å². The predicted octanol–water partition coefficient (Wildman–Crippen LogP) is 6.06. The molecule has 0 bridgehead atoms. The van der Waals surface area contributed by atoms with Crippen LogP contribution in [0.15, 0.2) is 30.3 Å². The first-order valence-electron chi connectivity index (χ1n) is 11.9. The molecule has 1 N–H and O–H groups in total. The van der Waals surface area contributed by atoms with Crippen LogP contribution in [0.5, 0.6) is 5.75 Å². The van der Waals surface area contributed by atoms with Crippen LogP contribution in [-0.2, 0) is 25.1 Å². The SMILES string of the molecule is CCO[Si](CCCc1cc(-n2nc3ccc(Cl)cc3n2)c(O)c(C(C)(C)C)c1)(OCC)OCC. The molecule has 0 spiro atoms. The van der Waals surface area contributed by atoms with Crippen LogP contribution < -0.4 is 0 Å². The Kier molecular flexibility index (Phi) is 8.75. The van der Waals surface area contributed by atoms with Crippen LogP contribution in [0.3, 0.4) is 0 Å². The van der Waals surface area contributed by atoms with Crippen molar-refractivity contribution in [3.8, 4) is 11.4 Å². The first kappa shape index (κ1) is 26.6.